The van der Waals surface area contributed by atoms with Crippen molar-refractivity contribution in [3.8, 4) is 0 Å². The first kappa shape index (κ1) is 21.6. The summed E-state index contributed by atoms with van der Waals surface area (Å²) in [7, 11) is 0. The smallest absolute Gasteiger partial charge is 0.262 e. The summed E-state index contributed by atoms with van der Waals surface area (Å²) in [5.41, 5.74) is 1.87. The number of ether oxygens (including phenoxy) is 1. The Morgan fingerprint density at radius 1 is 1.16 bits per heavy atom. The van der Waals surface area contributed by atoms with Crippen molar-refractivity contribution in [2.24, 2.45) is 0 Å². The quantitative estimate of drug-likeness (QED) is 0.419. The Balaban J connectivity index is 1.52. The third kappa shape index (κ3) is 5.35. The molecule has 31 heavy (non-hydrogen) atoms. The molecule has 1 aliphatic heterocycles. The molecule has 2 heterocycles. The van der Waals surface area contributed by atoms with Gasteiger partial charge in [-0.1, -0.05) is 54.2 Å². The number of rotatable bonds is 7. The van der Waals surface area contributed by atoms with Crippen LogP contribution in [0.4, 0.5) is 0 Å². The van der Waals surface area contributed by atoms with E-state index in [-0.39, 0.29) is 23.3 Å². The minimum absolute atomic E-state index is 0.0476. The van der Waals surface area contributed by atoms with Crippen molar-refractivity contribution in [3.63, 3.8) is 0 Å². The molecule has 6 nitrogen and oxygen atoms in total. The van der Waals surface area contributed by atoms with Gasteiger partial charge in [0, 0.05) is 19.6 Å². The molecule has 0 bridgehead atoms. The minimum atomic E-state index is -0.0476. The number of carbonyl (C=O) groups is 1. The summed E-state index contributed by atoms with van der Waals surface area (Å²) < 4.78 is 7.25. The minimum Gasteiger partial charge on any atom is -0.375 e. The molecule has 1 unspecified atom stereocenters. The third-order valence-electron chi connectivity index (χ3n) is 5.44. The van der Waals surface area contributed by atoms with E-state index in [1.807, 2.05) is 54.3 Å². The molecule has 0 aliphatic carbocycles. The van der Waals surface area contributed by atoms with E-state index in [1.54, 1.807) is 4.57 Å². The molecule has 0 N–H and O–H groups in total. The molecule has 1 fully saturated rings. The first-order valence-corrected chi connectivity index (χ1v) is 11.7. The number of nitrogens with zero attached hydrogens (tertiary/aromatic N) is 3. The largest absolute Gasteiger partial charge is 0.375 e. The van der Waals surface area contributed by atoms with Gasteiger partial charge in [-0.25, -0.2) is 4.98 Å². The summed E-state index contributed by atoms with van der Waals surface area (Å²) >= 11 is 1.35. The Morgan fingerprint density at radius 3 is 2.74 bits per heavy atom. The average Bonchev–Trinajstić information content (AvgIpc) is 2.80. The normalized spacial score (nSPS) is 16.5. The number of hydrogen-bond donors (Lipinski definition) is 0. The Bertz CT molecular complexity index is 1100. The van der Waals surface area contributed by atoms with Crippen LogP contribution in [0.5, 0.6) is 0 Å². The van der Waals surface area contributed by atoms with E-state index in [4.69, 9.17) is 9.72 Å². The second kappa shape index (κ2) is 10.1. The SMILES string of the molecule is CC1CN(C(=O)CSc2nc3ccccc3c(=O)n2CCCc2ccccc2)CCO1. The zero-order valence-corrected chi connectivity index (χ0v) is 18.5. The zero-order chi connectivity index (χ0) is 21.6. The lowest BCUT2D eigenvalue weighted by Crippen LogP contribution is -2.45. The molecule has 7 heteroatoms. The van der Waals surface area contributed by atoms with Crippen LogP contribution in [0.3, 0.4) is 0 Å². The van der Waals surface area contributed by atoms with Crippen LogP contribution in [-0.2, 0) is 22.5 Å². The number of hydrogen-bond acceptors (Lipinski definition) is 5. The number of carbonyl (C=O) groups excluding carboxylic acids is 1. The van der Waals surface area contributed by atoms with Crippen LogP contribution in [0.2, 0.25) is 0 Å². The van der Waals surface area contributed by atoms with Crippen LogP contribution in [0.25, 0.3) is 10.9 Å². The van der Waals surface area contributed by atoms with Crippen molar-refractivity contribution in [3.05, 3.63) is 70.5 Å². The average molecular weight is 438 g/mol. The van der Waals surface area contributed by atoms with E-state index in [9.17, 15) is 9.59 Å². The number of benzene rings is 2. The van der Waals surface area contributed by atoms with Crippen LogP contribution in [0.15, 0.2) is 64.5 Å². The van der Waals surface area contributed by atoms with Gasteiger partial charge in [0.1, 0.15) is 0 Å². The van der Waals surface area contributed by atoms with E-state index in [2.05, 4.69) is 12.1 Å². The molecule has 2 aromatic carbocycles. The molecule has 1 saturated heterocycles. The number of amides is 1. The number of para-hydroxylation sites is 1. The summed E-state index contributed by atoms with van der Waals surface area (Å²) in [5.74, 6) is 0.314. The van der Waals surface area contributed by atoms with Gasteiger partial charge in [0.25, 0.3) is 5.56 Å². The maximum atomic E-state index is 13.2. The van der Waals surface area contributed by atoms with Crippen LogP contribution in [0.1, 0.15) is 18.9 Å². The maximum absolute atomic E-state index is 13.2. The lowest BCUT2D eigenvalue weighted by Gasteiger charge is -2.31. The molecular weight excluding hydrogens is 410 g/mol. The molecule has 1 aliphatic rings. The van der Waals surface area contributed by atoms with Crippen LogP contribution < -0.4 is 5.56 Å². The third-order valence-corrected chi connectivity index (χ3v) is 6.40. The van der Waals surface area contributed by atoms with Gasteiger partial charge in [0.15, 0.2) is 5.16 Å². The Kier molecular flexibility index (Phi) is 7.04. The molecule has 4 rings (SSSR count). The number of aryl methyl sites for hydroxylation is 1. The lowest BCUT2D eigenvalue weighted by atomic mass is 10.1. The van der Waals surface area contributed by atoms with Gasteiger partial charge in [-0.2, -0.15) is 0 Å². The fourth-order valence-electron chi connectivity index (χ4n) is 3.80. The molecule has 1 aromatic heterocycles. The fourth-order valence-corrected chi connectivity index (χ4v) is 4.73. The highest BCUT2D eigenvalue weighted by Gasteiger charge is 2.22. The fraction of sp³-hybridized carbons (Fsp3) is 0.375. The molecule has 0 radical (unpaired) electrons. The van der Waals surface area contributed by atoms with Crippen LogP contribution >= 0.6 is 11.8 Å². The standard InChI is InChI=1S/C24H27N3O3S/c1-18-16-26(14-15-30-18)22(28)17-31-24-25-21-12-6-5-11-20(21)23(29)27(24)13-7-10-19-8-3-2-4-9-19/h2-6,8-9,11-12,18H,7,10,13-17H2,1H3. The van der Waals surface area contributed by atoms with E-state index in [1.165, 1.54) is 17.3 Å². The number of thioether (sulfide) groups is 1. The van der Waals surface area contributed by atoms with Gasteiger partial charge in [-0.15, -0.1) is 0 Å². The molecule has 0 saturated carbocycles. The second-order valence-electron chi connectivity index (χ2n) is 7.77. The van der Waals surface area contributed by atoms with E-state index >= 15 is 0 Å². The van der Waals surface area contributed by atoms with E-state index < -0.39 is 0 Å². The van der Waals surface area contributed by atoms with Gasteiger partial charge < -0.3 is 9.64 Å². The number of morpholine rings is 1. The summed E-state index contributed by atoms with van der Waals surface area (Å²) in [4.78, 5) is 32.4. The van der Waals surface area contributed by atoms with Gasteiger partial charge in [0.2, 0.25) is 5.91 Å². The summed E-state index contributed by atoms with van der Waals surface area (Å²) in [5, 5.41) is 1.21. The molecule has 162 valence electrons. The van der Waals surface area contributed by atoms with Crippen molar-refractivity contribution >= 4 is 28.6 Å². The van der Waals surface area contributed by atoms with Crippen LogP contribution in [0, 0.1) is 0 Å². The van der Waals surface area contributed by atoms with Crippen molar-refractivity contribution in [2.75, 3.05) is 25.4 Å². The Labute approximate surface area is 186 Å². The van der Waals surface area contributed by atoms with Gasteiger partial charge in [0.05, 0.1) is 29.4 Å². The number of aromatic nitrogens is 2. The zero-order valence-electron chi connectivity index (χ0n) is 17.7. The van der Waals surface area contributed by atoms with E-state index in [0.29, 0.717) is 42.3 Å². The predicted molar refractivity (Wildman–Crippen MR) is 123 cm³/mol. The Morgan fingerprint density at radius 2 is 1.94 bits per heavy atom. The van der Waals surface area contributed by atoms with Crippen molar-refractivity contribution < 1.29 is 9.53 Å². The van der Waals surface area contributed by atoms with E-state index in [0.717, 1.165) is 12.8 Å². The van der Waals surface area contributed by atoms with Crippen molar-refractivity contribution in [2.45, 2.75) is 37.6 Å². The lowest BCUT2D eigenvalue weighted by molar-refractivity contribution is -0.135. The van der Waals surface area contributed by atoms with Gasteiger partial charge in [-0.3, -0.25) is 14.2 Å². The number of fused-ring (bicyclic) bond motifs is 1. The predicted octanol–water partition coefficient (Wildman–Crippen LogP) is 3.37. The molecule has 3 aromatic rings. The maximum Gasteiger partial charge on any atom is 0.262 e. The second-order valence-corrected chi connectivity index (χ2v) is 8.71. The van der Waals surface area contributed by atoms with Gasteiger partial charge in [-0.05, 0) is 37.5 Å². The van der Waals surface area contributed by atoms with Crippen LogP contribution in [-0.4, -0.2) is 51.9 Å². The highest BCUT2D eigenvalue weighted by atomic mass is 32.2. The Hall–Kier alpha value is -2.64. The molecular formula is C24H27N3O3S. The summed E-state index contributed by atoms with van der Waals surface area (Å²) in [6.45, 7) is 4.32. The highest BCUT2D eigenvalue weighted by Crippen LogP contribution is 2.20. The first-order chi connectivity index (χ1) is 15.1. The molecule has 0 spiro atoms. The highest BCUT2D eigenvalue weighted by molar-refractivity contribution is 7.99. The first-order valence-electron chi connectivity index (χ1n) is 10.7. The van der Waals surface area contributed by atoms with Gasteiger partial charge >= 0.3 is 0 Å². The summed E-state index contributed by atoms with van der Waals surface area (Å²) in [6.07, 6.45) is 1.76. The molecule has 1 amide bonds. The van der Waals surface area contributed by atoms with Crippen molar-refractivity contribution in [1.82, 2.24) is 14.5 Å². The monoisotopic (exact) mass is 437 g/mol. The molecule has 1 atom stereocenters. The topological polar surface area (TPSA) is 64.4 Å². The summed E-state index contributed by atoms with van der Waals surface area (Å²) in [6, 6.07) is 17.6. The van der Waals surface area contributed by atoms with Crippen molar-refractivity contribution in [1.29, 1.82) is 0 Å².